The zero-order valence-electron chi connectivity index (χ0n) is 16.8. The fourth-order valence-electron chi connectivity index (χ4n) is 2.97. The summed E-state index contributed by atoms with van der Waals surface area (Å²) in [7, 11) is 0. The third-order valence-corrected chi connectivity index (χ3v) is 6.49. The van der Waals surface area contributed by atoms with Crippen molar-refractivity contribution < 1.29 is 4.79 Å². The van der Waals surface area contributed by atoms with Gasteiger partial charge in [-0.25, -0.2) is 14.9 Å². The summed E-state index contributed by atoms with van der Waals surface area (Å²) >= 11 is 2.62. The van der Waals surface area contributed by atoms with Crippen molar-refractivity contribution in [3.63, 3.8) is 0 Å². The molecule has 1 unspecified atom stereocenters. The number of nitrogens with one attached hydrogen (secondary N) is 2. The molecule has 9 heteroatoms. The van der Waals surface area contributed by atoms with E-state index in [0.29, 0.717) is 23.3 Å². The number of thiazole rings is 1. The lowest BCUT2D eigenvalue weighted by molar-refractivity contribution is -0.115. The quantitative estimate of drug-likeness (QED) is 0.394. The summed E-state index contributed by atoms with van der Waals surface area (Å²) in [6.07, 6.45) is 0.704. The first-order chi connectivity index (χ1) is 15.1. The molecule has 0 aliphatic rings. The Morgan fingerprint density at radius 1 is 1.16 bits per heavy atom. The highest BCUT2D eigenvalue weighted by Gasteiger charge is 2.20. The number of benzene rings is 2. The van der Waals surface area contributed by atoms with Gasteiger partial charge < -0.3 is 5.32 Å². The highest BCUT2D eigenvalue weighted by Crippen LogP contribution is 2.26. The number of rotatable bonds is 8. The fraction of sp³-hybridized carbons (Fsp3) is 0.182. The highest BCUT2D eigenvalue weighted by atomic mass is 32.2. The predicted octanol–water partition coefficient (Wildman–Crippen LogP) is 4.06. The second kappa shape index (κ2) is 9.76. The molecule has 0 bridgehead atoms. The minimum absolute atomic E-state index is 0.191. The number of carbonyl (C=O) groups is 1. The molecule has 2 heterocycles. The van der Waals surface area contributed by atoms with Crippen molar-refractivity contribution in [3.05, 3.63) is 82.1 Å². The van der Waals surface area contributed by atoms with Gasteiger partial charge in [-0.3, -0.25) is 9.36 Å². The number of carbonyl (C=O) groups excluding carboxylic acids is 1. The number of H-pyrrole nitrogens is 1. The number of nitrogens with zero attached hydrogens (tertiary/aromatic N) is 3. The predicted molar refractivity (Wildman–Crippen MR) is 124 cm³/mol. The first-order valence-corrected chi connectivity index (χ1v) is 11.5. The van der Waals surface area contributed by atoms with Gasteiger partial charge in [0.2, 0.25) is 5.91 Å². The molecule has 1 atom stereocenters. The van der Waals surface area contributed by atoms with Crippen molar-refractivity contribution in [3.8, 4) is 11.3 Å². The maximum atomic E-state index is 12.7. The number of aryl methyl sites for hydroxylation is 1. The lowest BCUT2D eigenvalue weighted by Gasteiger charge is -2.11. The minimum Gasteiger partial charge on any atom is -0.301 e. The molecular formula is C22H21N5O2S2. The van der Waals surface area contributed by atoms with Gasteiger partial charge >= 0.3 is 5.69 Å². The van der Waals surface area contributed by atoms with Gasteiger partial charge in [0.15, 0.2) is 10.3 Å². The SMILES string of the molecule is CC(Sc1n[nH]c(=O)n1CCc1ccccc1)C(=O)Nc1nc(-c2ccccc2)cs1. The third-order valence-electron chi connectivity index (χ3n) is 4.65. The van der Waals surface area contributed by atoms with Crippen molar-refractivity contribution in [2.75, 3.05) is 5.32 Å². The van der Waals surface area contributed by atoms with Crippen molar-refractivity contribution in [2.24, 2.45) is 0 Å². The Morgan fingerprint density at radius 3 is 2.61 bits per heavy atom. The van der Waals surface area contributed by atoms with Crippen LogP contribution < -0.4 is 11.0 Å². The molecule has 2 N–H and O–H groups in total. The van der Waals surface area contributed by atoms with E-state index in [4.69, 9.17) is 0 Å². The van der Waals surface area contributed by atoms with Gasteiger partial charge in [0.1, 0.15) is 0 Å². The molecule has 4 rings (SSSR count). The van der Waals surface area contributed by atoms with E-state index in [9.17, 15) is 9.59 Å². The van der Waals surface area contributed by atoms with Gasteiger partial charge in [-0.15, -0.1) is 16.4 Å². The third kappa shape index (κ3) is 5.31. The minimum atomic E-state index is -0.449. The van der Waals surface area contributed by atoms with Crippen molar-refractivity contribution in [2.45, 2.75) is 30.3 Å². The molecule has 0 saturated carbocycles. The topological polar surface area (TPSA) is 92.7 Å². The van der Waals surface area contributed by atoms with E-state index in [1.165, 1.54) is 23.1 Å². The summed E-state index contributed by atoms with van der Waals surface area (Å²) in [6.45, 7) is 2.27. The number of hydrogen-bond donors (Lipinski definition) is 2. The number of amides is 1. The molecular weight excluding hydrogens is 430 g/mol. The van der Waals surface area contributed by atoms with Crippen LogP contribution in [0.2, 0.25) is 0 Å². The van der Waals surface area contributed by atoms with Gasteiger partial charge in [0, 0.05) is 17.5 Å². The largest absolute Gasteiger partial charge is 0.343 e. The summed E-state index contributed by atoms with van der Waals surface area (Å²) in [6, 6.07) is 19.7. The van der Waals surface area contributed by atoms with E-state index < -0.39 is 5.25 Å². The number of anilines is 1. The molecule has 0 fully saturated rings. The van der Waals surface area contributed by atoms with E-state index in [-0.39, 0.29) is 11.6 Å². The van der Waals surface area contributed by atoms with Crippen LogP contribution in [-0.2, 0) is 17.8 Å². The zero-order valence-corrected chi connectivity index (χ0v) is 18.5. The van der Waals surface area contributed by atoms with E-state index in [2.05, 4.69) is 20.5 Å². The molecule has 0 aliphatic carbocycles. The number of hydrogen-bond acceptors (Lipinski definition) is 6. The first kappa shape index (κ1) is 21.1. The number of thioether (sulfide) groups is 1. The van der Waals surface area contributed by atoms with Crippen LogP contribution in [0.1, 0.15) is 12.5 Å². The van der Waals surface area contributed by atoms with Crippen LogP contribution in [0, 0.1) is 0 Å². The van der Waals surface area contributed by atoms with Crippen LogP contribution in [0.15, 0.2) is 76.0 Å². The van der Waals surface area contributed by atoms with Crippen LogP contribution in [0.25, 0.3) is 11.3 Å². The summed E-state index contributed by atoms with van der Waals surface area (Å²) in [5.74, 6) is -0.191. The summed E-state index contributed by atoms with van der Waals surface area (Å²) in [4.78, 5) is 29.3. The average Bonchev–Trinajstić information content (AvgIpc) is 3.40. The highest BCUT2D eigenvalue weighted by molar-refractivity contribution is 8.00. The summed E-state index contributed by atoms with van der Waals surface area (Å²) in [5, 5.41) is 11.9. The molecule has 7 nitrogen and oxygen atoms in total. The molecule has 0 saturated heterocycles. The van der Waals surface area contributed by atoms with Gasteiger partial charge in [0.25, 0.3) is 0 Å². The van der Waals surface area contributed by atoms with E-state index in [1.54, 1.807) is 11.5 Å². The van der Waals surface area contributed by atoms with E-state index in [1.807, 2.05) is 66.0 Å². The second-order valence-corrected chi connectivity index (χ2v) is 9.02. The summed E-state index contributed by atoms with van der Waals surface area (Å²) < 4.78 is 1.57. The molecule has 0 spiro atoms. The molecule has 0 aliphatic heterocycles. The van der Waals surface area contributed by atoms with Crippen LogP contribution in [0.4, 0.5) is 5.13 Å². The zero-order chi connectivity index (χ0) is 21.6. The molecule has 2 aromatic carbocycles. The summed E-state index contributed by atoms with van der Waals surface area (Å²) in [5.41, 5.74) is 2.68. The molecule has 158 valence electrons. The molecule has 31 heavy (non-hydrogen) atoms. The van der Waals surface area contributed by atoms with Crippen LogP contribution in [-0.4, -0.2) is 30.9 Å². The Bertz CT molecular complexity index is 1200. The van der Waals surface area contributed by atoms with Crippen LogP contribution >= 0.6 is 23.1 Å². The van der Waals surface area contributed by atoms with Gasteiger partial charge in [-0.2, -0.15) is 0 Å². The Hall–Kier alpha value is -3.17. The monoisotopic (exact) mass is 451 g/mol. The first-order valence-electron chi connectivity index (χ1n) is 9.78. The molecule has 4 aromatic rings. The Morgan fingerprint density at radius 2 is 1.87 bits per heavy atom. The van der Waals surface area contributed by atoms with Gasteiger partial charge in [0.05, 0.1) is 10.9 Å². The fourth-order valence-corrected chi connectivity index (χ4v) is 4.57. The van der Waals surface area contributed by atoms with Crippen molar-refractivity contribution >= 4 is 34.1 Å². The van der Waals surface area contributed by atoms with Crippen molar-refractivity contribution in [1.82, 2.24) is 19.7 Å². The van der Waals surface area contributed by atoms with Crippen LogP contribution in [0.3, 0.4) is 0 Å². The molecule has 2 aromatic heterocycles. The molecule has 1 amide bonds. The van der Waals surface area contributed by atoms with Crippen molar-refractivity contribution in [1.29, 1.82) is 0 Å². The molecule has 0 radical (unpaired) electrons. The van der Waals surface area contributed by atoms with E-state index in [0.717, 1.165) is 16.8 Å². The Kier molecular flexibility index (Phi) is 6.63. The maximum absolute atomic E-state index is 12.7. The van der Waals surface area contributed by atoms with Gasteiger partial charge in [-0.1, -0.05) is 72.4 Å². The Balaban J connectivity index is 1.38. The second-order valence-electron chi connectivity index (χ2n) is 6.85. The lowest BCUT2D eigenvalue weighted by atomic mass is 10.1. The number of aromatic amines is 1. The van der Waals surface area contributed by atoms with E-state index >= 15 is 0 Å². The average molecular weight is 452 g/mol. The lowest BCUT2D eigenvalue weighted by Crippen LogP contribution is -2.24. The van der Waals surface area contributed by atoms with Crippen LogP contribution in [0.5, 0.6) is 0 Å². The maximum Gasteiger partial charge on any atom is 0.343 e. The standard InChI is InChI=1S/C22H21N5O2S2/c1-15(19(28)24-20-23-18(14-30-20)17-10-6-3-7-11-17)31-22-26-25-21(29)27(22)13-12-16-8-4-2-5-9-16/h2-11,14-15H,12-13H2,1H3,(H,25,29)(H,23,24,28). The Labute approximate surface area is 187 Å². The van der Waals surface area contributed by atoms with Gasteiger partial charge in [-0.05, 0) is 18.9 Å². The normalized spacial score (nSPS) is 11.9. The number of aromatic nitrogens is 4. The smallest absolute Gasteiger partial charge is 0.301 e.